The number of nitrogen functional groups attached to an aromatic ring is 1. The first kappa shape index (κ1) is 12.2. The Balaban J connectivity index is 1.92. The first-order valence-corrected chi connectivity index (χ1v) is 6.73. The lowest BCUT2D eigenvalue weighted by molar-refractivity contribution is 0.244. The molecule has 1 atom stereocenters. The summed E-state index contributed by atoms with van der Waals surface area (Å²) >= 11 is 0. The van der Waals surface area contributed by atoms with Gasteiger partial charge in [-0.05, 0) is 25.2 Å². The third-order valence-electron chi connectivity index (χ3n) is 3.73. The van der Waals surface area contributed by atoms with Gasteiger partial charge in [0.15, 0.2) is 11.5 Å². The van der Waals surface area contributed by atoms with Gasteiger partial charge >= 0.3 is 0 Å². The van der Waals surface area contributed by atoms with Crippen molar-refractivity contribution in [1.82, 2.24) is 14.4 Å². The Morgan fingerprint density at radius 3 is 3.21 bits per heavy atom. The number of imidazole rings is 1. The fraction of sp³-hybridized carbons (Fsp3) is 0.538. The van der Waals surface area contributed by atoms with Crippen molar-refractivity contribution in [3.05, 3.63) is 18.6 Å². The van der Waals surface area contributed by atoms with Crippen LogP contribution in [0.2, 0.25) is 0 Å². The lowest BCUT2D eigenvalue weighted by Gasteiger charge is -2.33. The number of fused-ring (bicyclic) bond motifs is 1. The molecule has 0 saturated carbocycles. The maximum absolute atomic E-state index is 9.09. The van der Waals surface area contributed by atoms with Crippen LogP contribution in [0.15, 0.2) is 18.6 Å². The van der Waals surface area contributed by atoms with Gasteiger partial charge in [-0.25, -0.2) is 9.97 Å². The van der Waals surface area contributed by atoms with Gasteiger partial charge in [0.1, 0.15) is 5.82 Å². The molecular formula is C13H19N5O. The third-order valence-corrected chi connectivity index (χ3v) is 3.73. The number of nitrogens with zero attached hydrogens (tertiary/aromatic N) is 4. The molecule has 19 heavy (non-hydrogen) atoms. The van der Waals surface area contributed by atoms with Crippen LogP contribution >= 0.6 is 0 Å². The molecule has 1 saturated heterocycles. The summed E-state index contributed by atoms with van der Waals surface area (Å²) in [6, 6.07) is 0. The lowest BCUT2D eigenvalue weighted by Crippen LogP contribution is -2.36. The standard InChI is InChI=1S/C13H19N5O/c14-11-9-18-6-4-15-12(18)13(16-11)17-5-1-2-10(8-17)3-7-19/h4,6,9-10,19H,1-3,5,7-8,14H2. The molecule has 3 N–H and O–H groups in total. The van der Waals surface area contributed by atoms with E-state index in [0.717, 1.165) is 37.4 Å². The second kappa shape index (κ2) is 5.05. The highest BCUT2D eigenvalue weighted by Gasteiger charge is 2.23. The summed E-state index contributed by atoms with van der Waals surface area (Å²) in [5.41, 5.74) is 6.70. The summed E-state index contributed by atoms with van der Waals surface area (Å²) in [6.07, 6.45) is 8.56. The van der Waals surface area contributed by atoms with Gasteiger partial charge < -0.3 is 20.1 Å². The van der Waals surface area contributed by atoms with Gasteiger partial charge in [0.05, 0.1) is 6.20 Å². The number of hydrogen-bond donors (Lipinski definition) is 2. The monoisotopic (exact) mass is 261 g/mol. The Kier molecular flexibility index (Phi) is 3.25. The van der Waals surface area contributed by atoms with Crippen molar-refractivity contribution >= 4 is 17.3 Å². The van der Waals surface area contributed by atoms with E-state index >= 15 is 0 Å². The van der Waals surface area contributed by atoms with Crippen LogP contribution in [0.4, 0.5) is 11.6 Å². The van der Waals surface area contributed by atoms with Crippen LogP contribution in [0.5, 0.6) is 0 Å². The highest BCUT2D eigenvalue weighted by atomic mass is 16.3. The zero-order chi connectivity index (χ0) is 13.2. The van der Waals surface area contributed by atoms with E-state index < -0.39 is 0 Å². The van der Waals surface area contributed by atoms with Crippen molar-refractivity contribution in [3.8, 4) is 0 Å². The second-order valence-corrected chi connectivity index (χ2v) is 5.11. The van der Waals surface area contributed by atoms with E-state index in [-0.39, 0.29) is 6.61 Å². The highest BCUT2D eigenvalue weighted by molar-refractivity contribution is 5.66. The fourth-order valence-corrected chi connectivity index (χ4v) is 2.82. The van der Waals surface area contributed by atoms with Crippen LogP contribution in [0, 0.1) is 5.92 Å². The minimum absolute atomic E-state index is 0.252. The average molecular weight is 261 g/mol. The summed E-state index contributed by atoms with van der Waals surface area (Å²) in [6.45, 7) is 2.14. The molecule has 1 aliphatic rings. The molecule has 3 heterocycles. The number of nitrogens with two attached hydrogens (primary N) is 1. The smallest absolute Gasteiger partial charge is 0.180 e. The van der Waals surface area contributed by atoms with E-state index in [0.29, 0.717) is 11.7 Å². The molecule has 6 heteroatoms. The largest absolute Gasteiger partial charge is 0.396 e. The van der Waals surface area contributed by atoms with Crippen molar-refractivity contribution in [3.63, 3.8) is 0 Å². The number of aliphatic hydroxyl groups excluding tert-OH is 1. The van der Waals surface area contributed by atoms with Crippen LogP contribution < -0.4 is 10.6 Å². The maximum atomic E-state index is 9.09. The van der Waals surface area contributed by atoms with Crippen molar-refractivity contribution in [1.29, 1.82) is 0 Å². The van der Waals surface area contributed by atoms with Crippen molar-refractivity contribution in [2.45, 2.75) is 19.3 Å². The Hall–Kier alpha value is -1.82. The SMILES string of the molecule is Nc1cn2ccnc2c(N2CCCC(CCO)C2)n1. The molecule has 0 aliphatic carbocycles. The van der Waals surface area contributed by atoms with Gasteiger partial charge in [0.2, 0.25) is 0 Å². The van der Waals surface area contributed by atoms with Gasteiger partial charge in [-0.2, -0.15) is 0 Å². The van der Waals surface area contributed by atoms with Gasteiger partial charge in [-0.1, -0.05) is 0 Å². The molecule has 0 spiro atoms. The van der Waals surface area contributed by atoms with Crippen LogP contribution in [-0.4, -0.2) is 39.2 Å². The molecule has 0 amide bonds. The number of rotatable bonds is 3. The summed E-state index contributed by atoms with van der Waals surface area (Å²) in [7, 11) is 0. The average Bonchev–Trinajstić information content (AvgIpc) is 2.86. The third kappa shape index (κ3) is 2.35. The predicted octanol–water partition coefficient (Wildman–Crippen LogP) is 0.910. The fourth-order valence-electron chi connectivity index (χ4n) is 2.82. The van der Waals surface area contributed by atoms with Crippen LogP contribution in [0.25, 0.3) is 5.65 Å². The van der Waals surface area contributed by atoms with E-state index in [1.807, 2.05) is 10.6 Å². The Labute approximate surface area is 111 Å². The van der Waals surface area contributed by atoms with E-state index in [1.165, 1.54) is 6.42 Å². The number of anilines is 2. The molecule has 0 radical (unpaired) electrons. The maximum Gasteiger partial charge on any atom is 0.180 e. The summed E-state index contributed by atoms with van der Waals surface area (Å²) in [5.74, 6) is 1.88. The lowest BCUT2D eigenvalue weighted by atomic mass is 9.95. The highest BCUT2D eigenvalue weighted by Crippen LogP contribution is 2.26. The van der Waals surface area contributed by atoms with Crippen LogP contribution in [0.1, 0.15) is 19.3 Å². The minimum atomic E-state index is 0.252. The topological polar surface area (TPSA) is 79.7 Å². The first-order valence-electron chi connectivity index (χ1n) is 6.73. The molecule has 6 nitrogen and oxygen atoms in total. The number of aliphatic hydroxyl groups is 1. The number of aromatic nitrogens is 3. The zero-order valence-electron chi connectivity index (χ0n) is 10.9. The zero-order valence-corrected chi connectivity index (χ0v) is 10.9. The van der Waals surface area contributed by atoms with Crippen molar-refractivity contribution in [2.24, 2.45) is 5.92 Å². The van der Waals surface area contributed by atoms with Gasteiger partial charge in [-0.15, -0.1) is 0 Å². The Morgan fingerprint density at radius 1 is 1.47 bits per heavy atom. The normalized spacial score (nSPS) is 20.1. The van der Waals surface area contributed by atoms with Crippen molar-refractivity contribution < 1.29 is 5.11 Å². The molecule has 3 rings (SSSR count). The quantitative estimate of drug-likeness (QED) is 0.858. The molecule has 1 unspecified atom stereocenters. The second-order valence-electron chi connectivity index (χ2n) is 5.11. The molecule has 2 aromatic rings. The Morgan fingerprint density at radius 2 is 2.37 bits per heavy atom. The summed E-state index contributed by atoms with van der Waals surface area (Å²) in [4.78, 5) is 11.0. The summed E-state index contributed by atoms with van der Waals surface area (Å²) < 4.78 is 1.91. The van der Waals surface area contributed by atoms with Crippen LogP contribution in [0.3, 0.4) is 0 Å². The molecule has 2 aromatic heterocycles. The van der Waals surface area contributed by atoms with Crippen LogP contribution in [-0.2, 0) is 0 Å². The minimum Gasteiger partial charge on any atom is -0.396 e. The van der Waals surface area contributed by atoms with Gasteiger partial charge in [0.25, 0.3) is 0 Å². The number of hydrogen-bond acceptors (Lipinski definition) is 5. The number of piperidine rings is 1. The molecule has 1 fully saturated rings. The van der Waals surface area contributed by atoms with Crippen molar-refractivity contribution in [2.75, 3.05) is 30.3 Å². The van der Waals surface area contributed by atoms with E-state index in [9.17, 15) is 0 Å². The molecule has 0 bridgehead atoms. The van der Waals surface area contributed by atoms with Gasteiger partial charge in [0, 0.05) is 32.1 Å². The molecule has 1 aliphatic heterocycles. The molecule has 0 aromatic carbocycles. The van der Waals surface area contributed by atoms with E-state index in [4.69, 9.17) is 10.8 Å². The van der Waals surface area contributed by atoms with E-state index in [1.54, 1.807) is 12.4 Å². The molecule has 102 valence electrons. The Bertz CT molecular complexity index is 565. The van der Waals surface area contributed by atoms with E-state index in [2.05, 4.69) is 14.9 Å². The summed E-state index contributed by atoms with van der Waals surface area (Å²) in [5, 5.41) is 9.09. The van der Waals surface area contributed by atoms with Gasteiger partial charge in [-0.3, -0.25) is 0 Å². The molecular weight excluding hydrogens is 242 g/mol. The first-order chi connectivity index (χ1) is 9.28. The predicted molar refractivity (Wildman–Crippen MR) is 74.0 cm³/mol.